The van der Waals surface area contributed by atoms with Crippen LogP contribution in [0.4, 0.5) is 0 Å². The fraction of sp³-hybridized carbons (Fsp3) is 0.263. The molecule has 0 radical (unpaired) electrons. The number of amides is 1. The van der Waals surface area contributed by atoms with Crippen molar-refractivity contribution in [3.05, 3.63) is 53.5 Å². The number of esters is 1. The molecule has 0 spiro atoms. The average Bonchev–Trinajstić information content (AvgIpc) is 3.29. The van der Waals surface area contributed by atoms with Gasteiger partial charge in [-0.2, -0.15) is 0 Å². The topological polar surface area (TPSA) is 99.2 Å². The summed E-state index contributed by atoms with van der Waals surface area (Å²) in [5, 5.41) is 11.8. The fourth-order valence-corrected chi connectivity index (χ4v) is 3.29. The molecule has 0 bridgehead atoms. The van der Waals surface area contributed by atoms with Gasteiger partial charge in [0, 0.05) is 13.6 Å². The third kappa shape index (κ3) is 4.42. The highest BCUT2D eigenvalue weighted by atomic mass is 32.2. The number of benzene rings is 1. The molecule has 0 aliphatic carbocycles. The summed E-state index contributed by atoms with van der Waals surface area (Å²) < 4.78 is 11.8. The van der Waals surface area contributed by atoms with Crippen LogP contribution in [0, 0.1) is 6.92 Å². The molecule has 0 saturated heterocycles. The lowest BCUT2D eigenvalue weighted by Crippen LogP contribution is -2.24. The van der Waals surface area contributed by atoms with Gasteiger partial charge in [0.05, 0.1) is 30.3 Å². The van der Waals surface area contributed by atoms with Gasteiger partial charge in [-0.3, -0.25) is 4.79 Å². The fourth-order valence-electron chi connectivity index (χ4n) is 2.55. The summed E-state index contributed by atoms with van der Waals surface area (Å²) >= 11 is 1.31. The molecule has 3 rings (SSSR count). The summed E-state index contributed by atoms with van der Waals surface area (Å²) in [4.78, 5) is 23.6. The lowest BCUT2D eigenvalue weighted by atomic mass is 10.1. The smallest absolute Gasteiger partial charge is 0.337 e. The molecule has 9 heteroatoms. The van der Waals surface area contributed by atoms with E-state index < -0.39 is 0 Å². The van der Waals surface area contributed by atoms with Crippen molar-refractivity contribution >= 4 is 23.6 Å². The van der Waals surface area contributed by atoms with Gasteiger partial charge in [0.2, 0.25) is 5.91 Å². The average molecular weight is 400 g/mol. The van der Waals surface area contributed by atoms with E-state index in [-0.39, 0.29) is 17.6 Å². The van der Waals surface area contributed by atoms with Crippen molar-refractivity contribution in [1.29, 1.82) is 0 Å². The highest BCUT2D eigenvalue weighted by molar-refractivity contribution is 7.99. The Balaban J connectivity index is 1.52. The second-order valence-electron chi connectivity index (χ2n) is 6.01. The van der Waals surface area contributed by atoms with Gasteiger partial charge in [0.25, 0.3) is 0 Å². The minimum atomic E-state index is -0.388. The second kappa shape index (κ2) is 8.75. The molecule has 0 aliphatic heterocycles. The van der Waals surface area contributed by atoms with Crippen LogP contribution in [0.1, 0.15) is 21.7 Å². The Bertz CT molecular complexity index is 978. The normalized spacial score (nSPS) is 10.7. The Morgan fingerprint density at radius 3 is 2.61 bits per heavy atom. The summed E-state index contributed by atoms with van der Waals surface area (Å²) in [7, 11) is 3.19. The molecule has 28 heavy (non-hydrogen) atoms. The van der Waals surface area contributed by atoms with Crippen LogP contribution < -0.4 is 5.32 Å². The van der Waals surface area contributed by atoms with Crippen molar-refractivity contribution in [2.24, 2.45) is 7.05 Å². The highest BCUT2D eigenvalue weighted by Gasteiger charge is 2.15. The van der Waals surface area contributed by atoms with Crippen LogP contribution in [0.3, 0.4) is 0 Å². The van der Waals surface area contributed by atoms with Gasteiger partial charge in [0.15, 0.2) is 11.0 Å². The summed E-state index contributed by atoms with van der Waals surface area (Å²) in [6.07, 6.45) is 1.61. The van der Waals surface area contributed by atoms with Crippen LogP contribution >= 0.6 is 11.8 Å². The number of aromatic nitrogens is 3. The van der Waals surface area contributed by atoms with Gasteiger partial charge >= 0.3 is 5.97 Å². The van der Waals surface area contributed by atoms with Crippen LogP contribution in [-0.2, 0) is 23.1 Å². The van der Waals surface area contributed by atoms with Crippen LogP contribution in [0.25, 0.3) is 11.4 Å². The first-order chi connectivity index (χ1) is 13.5. The third-order valence-corrected chi connectivity index (χ3v) is 5.15. The molecule has 0 atom stereocenters. The molecule has 0 saturated carbocycles. The molecule has 1 aromatic carbocycles. The standard InChI is InChI=1S/C19H20N4O4S/c1-12-15(8-9-27-12)17-21-22-19(23(17)2)28-11-16(24)20-10-13-4-6-14(7-5-13)18(25)26-3/h4-9H,10-11H2,1-3H3,(H,20,24). The molecule has 0 fully saturated rings. The summed E-state index contributed by atoms with van der Waals surface area (Å²) in [5.74, 6) is 1.17. The van der Waals surface area contributed by atoms with Gasteiger partial charge in [-0.1, -0.05) is 23.9 Å². The largest absolute Gasteiger partial charge is 0.469 e. The van der Waals surface area contributed by atoms with E-state index in [1.165, 1.54) is 18.9 Å². The van der Waals surface area contributed by atoms with E-state index >= 15 is 0 Å². The first-order valence-electron chi connectivity index (χ1n) is 8.50. The van der Waals surface area contributed by atoms with Gasteiger partial charge < -0.3 is 19.0 Å². The summed E-state index contributed by atoms with van der Waals surface area (Å²) in [6.45, 7) is 2.24. The Morgan fingerprint density at radius 2 is 1.96 bits per heavy atom. The molecular weight excluding hydrogens is 380 g/mol. The van der Waals surface area contributed by atoms with E-state index in [4.69, 9.17) is 4.42 Å². The molecule has 3 aromatic rings. The van der Waals surface area contributed by atoms with Crippen LogP contribution in [0.15, 0.2) is 46.2 Å². The number of carbonyl (C=O) groups is 2. The summed E-state index contributed by atoms with van der Waals surface area (Å²) in [5.41, 5.74) is 2.24. The molecule has 2 aromatic heterocycles. The maximum Gasteiger partial charge on any atom is 0.337 e. The Labute approximate surface area is 166 Å². The maximum absolute atomic E-state index is 12.1. The number of methoxy groups -OCH3 is 1. The summed E-state index contributed by atoms with van der Waals surface area (Å²) in [6, 6.07) is 8.73. The van der Waals surface area contributed by atoms with Gasteiger partial charge in [-0.05, 0) is 30.7 Å². The Hall–Kier alpha value is -3.07. The molecule has 0 unspecified atom stereocenters. The van der Waals surface area contributed by atoms with Gasteiger partial charge in [0.1, 0.15) is 5.76 Å². The SMILES string of the molecule is COC(=O)c1ccc(CNC(=O)CSc2nnc(-c3ccoc3C)n2C)cc1. The molecular formula is C19H20N4O4S. The number of aryl methyl sites for hydroxylation is 1. The van der Waals surface area contributed by atoms with E-state index in [9.17, 15) is 9.59 Å². The number of rotatable bonds is 7. The minimum absolute atomic E-state index is 0.119. The Kier molecular flexibility index (Phi) is 6.15. The first kappa shape index (κ1) is 19.7. The zero-order valence-electron chi connectivity index (χ0n) is 15.8. The van der Waals surface area contributed by atoms with Crippen molar-refractivity contribution in [3.63, 3.8) is 0 Å². The predicted molar refractivity (Wildman–Crippen MR) is 104 cm³/mol. The molecule has 1 amide bonds. The van der Waals surface area contributed by atoms with Gasteiger partial charge in [-0.15, -0.1) is 10.2 Å². The van der Waals surface area contributed by atoms with E-state index in [0.29, 0.717) is 23.1 Å². The minimum Gasteiger partial charge on any atom is -0.469 e. The maximum atomic E-state index is 12.1. The first-order valence-corrected chi connectivity index (χ1v) is 9.48. The zero-order valence-corrected chi connectivity index (χ0v) is 16.6. The van der Waals surface area contributed by atoms with Crippen molar-refractivity contribution < 1.29 is 18.7 Å². The number of hydrogen-bond acceptors (Lipinski definition) is 7. The number of carbonyl (C=O) groups excluding carboxylic acids is 2. The van der Waals surface area contributed by atoms with Crippen molar-refractivity contribution in [2.75, 3.05) is 12.9 Å². The number of nitrogens with zero attached hydrogens (tertiary/aromatic N) is 3. The lowest BCUT2D eigenvalue weighted by Gasteiger charge is -2.06. The number of hydrogen-bond donors (Lipinski definition) is 1. The molecule has 8 nitrogen and oxygen atoms in total. The number of furan rings is 1. The van der Waals surface area contributed by atoms with Crippen LogP contribution in [0.5, 0.6) is 0 Å². The predicted octanol–water partition coefficient (Wildman–Crippen LogP) is 2.58. The van der Waals surface area contributed by atoms with Crippen molar-refractivity contribution in [2.45, 2.75) is 18.6 Å². The second-order valence-corrected chi connectivity index (χ2v) is 6.95. The van der Waals surface area contributed by atoms with Crippen molar-refractivity contribution in [1.82, 2.24) is 20.1 Å². The molecule has 0 aliphatic rings. The molecule has 2 heterocycles. The monoisotopic (exact) mass is 400 g/mol. The van der Waals surface area contributed by atoms with E-state index in [1.807, 2.05) is 24.6 Å². The van der Waals surface area contributed by atoms with Crippen LogP contribution in [-0.4, -0.2) is 39.5 Å². The lowest BCUT2D eigenvalue weighted by molar-refractivity contribution is -0.118. The van der Waals surface area contributed by atoms with Crippen LogP contribution in [0.2, 0.25) is 0 Å². The molecule has 146 valence electrons. The van der Waals surface area contributed by atoms with E-state index in [1.54, 1.807) is 30.5 Å². The number of nitrogens with one attached hydrogen (secondary N) is 1. The quantitative estimate of drug-likeness (QED) is 0.481. The molecule has 1 N–H and O–H groups in total. The Morgan fingerprint density at radius 1 is 1.21 bits per heavy atom. The highest BCUT2D eigenvalue weighted by Crippen LogP contribution is 2.25. The van der Waals surface area contributed by atoms with Crippen molar-refractivity contribution in [3.8, 4) is 11.4 Å². The van der Waals surface area contributed by atoms with E-state index in [2.05, 4.69) is 20.3 Å². The van der Waals surface area contributed by atoms with Gasteiger partial charge in [-0.25, -0.2) is 4.79 Å². The zero-order chi connectivity index (χ0) is 20.1. The van der Waals surface area contributed by atoms with E-state index in [0.717, 1.165) is 16.9 Å². The third-order valence-electron chi connectivity index (χ3n) is 4.13. The number of thioether (sulfide) groups is 1. The number of ether oxygens (including phenoxy) is 1.